The van der Waals surface area contributed by atoms with Crippen molar-refractivity contribution in [1.82, 2.24) is 5.32 Å². The van der Waals surface area contributed by atoms with E-state index in [1.54, 1.807) is 45.9 Å². The minimum absolute atomic E-state index is 0.0454. The molecule has 1 heterocycles. The van der Waals surface area contributed by atoms with Crippen LogP contribution in [0.5, 0.6) is 0 Å². The van der Waals surface area contributed by atoms with Gasteiger partial charge >= 0.3 is 6.09 Å². The summed E-state index contributed by atoms with van der Waals surface area (Å²) in [5, 5.41) is 13.7. The van der Waals surface area contributed by atoms with Crippen LogP contribution in [0.2, 0.25) is 0 Å². The molecule has 2 rings (SSSR count). The van der Waals surface area contributed by atoms with Crippen LogP contribution in [0, 0.1) is 11.8 Å². The van der Waals surface area contributed by atoms with Crippen LogP contribution in [0.3, 0.4) is 0 Å². The summed E-state index contributed by atoms with van der Waals surface area (Å²) in [7, 11) is 2.91. The van der Waals surface area contributed by atoms with Crippen molar-refractivity contribution in [1.29, 1.82) is 0 Å². The Morgan fingerprint density at radius 2 is 1.83 bits per heavy atom. The molecule has 0 fully saturated rings. The van der Waals surface area contributed by atoms with Crippen LogP contribution < -0.4 is 11.1 Å². The summed E-state index contributed by atoms with van der Waals surface area (Å²) in [5.41, 5.74) is 6.16. The van der Waals surface area contributed by atoms with Crippen molar-refractivity contribution in [2.75, 3.05) is 20.8 Å². The van der Waals surface area contributed by atoms with Gasteiger partial charge in [-0.1, -0.05) is 38.2 Å². The highest BCUT2D eigenvalue weighted by atomic mass is 16.6. The maximum absolute atomic E-state index is 13.4. The van der Waals surface area contributed by atoms with E-state index in [0.717, 1.165) is 6.08 Å². The third-order valence-corrected chi connectivity index (χ3v) is 7.03. The number of hydrogen-bond donors (Lipinski definition) is 3. The second-order valence-corrected chi connectivity index (χ2v) is 10.3. The van der Waals surface area contributed by atoms with Gasteiger partial charge in [-0.2, -0.15) is 0 Å². The maximum atomic E-state index is 13.4. The summed E-state index contributed by atoms with van der Waals surface area (Å²) in [4.78, 5) is 51.0. The monoisotopic (exact) mass is 574 g/mol. The second-order valence-electron chi connectivity index (χ2n) is 10.3. The molecule has 2 amide bonds. The predicted molar refractivity (Wildman–Crippen MR) is 151 cm³/mol. The van der Waals surface area contributed by atoms with Crippen molar-refractivity contribution in [2.45, 2.75) is 71.9 Å². The van der Waals surface area contributed by atoms with Gasteiger partial charge in [0.2, 0.25) is 11.6 Å². The van der Waals surface area contributed by atoms with Gasteiger partial charge in [-0.25, -0.2) is 4.79 Å². The zero-order valence-corrected chi connectivity index (χ0v) is 24.8. The van der Waals surface area contributed by atoms with E-state index >= 15 is 0 Å². The number of primary amides is 1. The highest BCUT2D eigenvalue weighted by molar-refractivity contribution is 6.23. The highest BCUT2D eigenvalue weighted by Crippen LogP contribution is 2.29. The first-order chi connectivity index (χ1) is 19.3. The van der Waals surface area contributed by atoms with E-state index in [9.17, 15) is 24.3 Å². The fourth-order valence-corrected chi connectivity index (χ4v) is 4.86. The molecule has 0 aromatic rings. The number of Topliss-reactive ketones (excluding diaryl/α,β-unsaturated/α-hetero) is 1. The van der Waals surface area contributed by atoms with Crippen molar-refractivity contribution in [2.24, 2.45) is 17.6 Å². The van der Waals surface area contributed by atoms with E-state index in [2.05, 4.69) is 5.32 Å². The molecular weight excluding hydrogens is 532 g/mol. The van der Waals surface area contributed by atoms with Gasteiger partial charge in [-0.3, -0.25) is 14.4 Å². The van der Waals surface area contributed by atoms with E-state index in [-0.39, 0.29) is 41.5 Å². The number of amides is 2. The molecule has 0 aromatic heterocycles. The van der Waals surface area contributed by atoms with E-state index in [1.165, 1.54) is 20.3 Å². The fourth-order valence-electron chi connectivity index (χ4n) is 4.86. The molecule has 41 heavy (non-hydrogen) atoms. The molecule has 11 nitrogen and oxygen atoms in total. The summed E-state index contributed by atoms with van der Waals surface area (Å²) >= 11 is 0. The van der Waals surface area contributed by atoms with Crippen LogP contribution in [0.15, 0.2) is 58.6 Å². The van der Waals surface area contributed by atoms with Crippen LogP contribution in [-0.2, 0) is 33.3 Å². The van der Waals surface area contributed by atoms with Gasteiger partial charge in [0.25, 0.3) is 5.91 Å². The van der Waals surface area contributed by atoms with Gasteiger partial charge in [-0.05, 0) is 45.1 Å². The molecular formula is C30H42N2O9. The Bertz CT molecular complexity index is 1160. The number of aliphatic hydroxyl groups is 1. The lowest BCUT2D eigenvalue weighted by molar-refractivity contribution is -0.121. The SMILES string of the molecule is CCOC1=C2C[C@@H](C)C[C@H](OC)[C@H](O)[C@@H](C)/C=C(\C)[C@H](OC(N)=O)[C@@H](OC)/C=C\C=C(/C)C(=O)NC(=CC1=O)C2=O. The summed E-state index contributed by atoms with van der Waals surface area (Å²) in [6.07, 6.45) is 3.66. The molecule has 0 radical (unpaired) electrons. The number of hydrogen-bond acceptors (Lipinski definition) is 9. The Balaban J connectivity index is 2.61. The zero-order valence-electron chi connectivity index (χ0n) is 24.8. The van der Waals surface area contributed by atoms with Crippen LogP contribution in [0.25, 0.3) is 0 Å². The van der Waals surface area contributed by atoms with Gasteiger partial charge in [-0.15, -0.1) is 0 Å². The van der Waals surface area contributed by atoms with Crippen molar-refractivity contribution in [3.63, 3.8) is 0 Å². The normalized spacial score (nSPS) is 32.2. The minimum atomic E-state index is -1.00. The summed E-state index contributed by atoms with van der Waals surface area (Å²) in [6.45, 7) is 8.84. The highest BCUT2D eigenvalue weighted by Gasteiger charge is 2.34. The van der Waals surface area contributed by atoms with Gasteiger partial charge in [0.1, 0.15) is 6.10 Å². The van der Waals surface area contributed by atoms with Crippen molar-refractivity contribution < 1.29 is 43.2 Å². The van der Waals surface area contributed by atoms with Gasteiger partial charge in [0, 0.05) is 37.4 Å². The number of allylic oxidation sites excluding steroid dienone is 4. The number of ketones is 2. The van der Waals surface area contributed by atoms with Crippen molar-refractivity contribution in [3.05, 3.63) is 58.6 Å². The number of methoxy groups -OCH3 is 2. The molecule has 0 saturated carbocycles. The molecule has 1 aliphatic heterocycles. The summed E-state index contributed by atoms with van der Waals surface area (Å²) in [5.74, 6) is -2.32. The van der Waals surface area contributed by atoms with Gasteiger partial charge < -0.3 is 35.1 Å². The van der Waals surface area contributed by atoms with Gasteiger partial charge in [0.05, 0.1) is 24.5 Å². The first kappa shape index (κ1) is 33.7. The number of carbonyl (C=O) groups is 4. The first-order valence-electron chi connectivity index (χ1n) is 13.6. The number of rotatable bonds is 5. The van der Waals surface area contributed by atoms with E-state index < -0.39 is 53.9 Å². The van der Waals surface area contributed by atoms with E-state index in [1.807, 2.05) is 6.92 Å². The molecule has 0 aromatic carbocycles. The van der Waals surface area contributed by atoms with E-state index in [4.69, 9.17) is 24.7 Å². The number of carbonyl (C=O) groups excluding carboxylic acids is 4. The number of nitrogens with two attached hydrogens (primary N) is 1. The quantitative estimate of drug-likeness (QED) is 0.331. The lowest BCUT2D eigenvalue weighted by atomic mass is 9.85. The molecule has 4 N–H and O–H groups in total. The summed E-state index contributed by atoms with van der Waals surface area (Å²) < 4.78 is 22.1. The summed E-state index contributed by atoms with van der Waals surface area (Å²) in [6, 6.07) is 0. The first-order valence-corrected chi connectivity index (χ1v) is 13.6. The van der Waals surface area contributed by atoms with Crippen LogP contribution in [-0.4, -0.2) is 73.9 Å². The smallest absolute Gasteiger partial charge is 0.405 e. The number of ether oxygens (including phenoxy) is 4. The Morgan fingerprint density at radius 3 is 2.41 bits per heavy atom. The molecule has 226 valence electrons. The number of fused-ring (bicyclic) bond motifs is 2. The second kappa shape index (κ2) is 15.5. The topological polar surface area (TPSA) is 163 Å². The molecule has 6 atom stereocenters. The largest absolute Gasteiger partial charge is 0.489 e. The molecule has 2 aliphatic rings. The Labute approximate surface area is 241 Å². The van der Waals surface area contributed by atoms with Crippen molar-refractivity contribution >= 4 is 23.6 Å². The Kier molecular flexibility index (Phi) is 12.7. The Hall–Kier alpha value is -3.54. The van der Waals surface area contributed by atoms with Crippen molar-refractivity contribution in [3.8, 4) is 0 Å². The molecule has 0 spiro atoms. The predicted octanol–water partition coefficient (Wildman–Crippen LogP) is 2.80. The number of nitrogens with one attached hydrogen (secondary N) is 1. The zero-order chi connectivity index (χ0) is 30.9. The number of aliphatic hydroxyl groups excluding tert-OH is 1. The van der Waals surface area contributed by atoms with Gasteiger partial charge in [0.15, 0.2) is 11.9 Å². The Morgan fingerprint density at radius 1 is 1.15 bits per heavy atom. The standard InChI is InChI=1S/C30H42N2O9/c1-8-40-28-20-12-16(2)13-24(39-7)25(34)18(4)14-19(5)27(41-30(31)37)23(38-6)11-9-10-17(3)29(36)32-21(26(20)35)15-22(28)33/h9-11,14-16,18,23-25,27,34H,8,12-13H2,1-7H3,(H2,31,37)(H,32,36)/b11-9-,17-10+,19-14+/t16-,18+,23+,24+,25-,27+/m1/s1. The lowest BCUT2D eigenvalue weighted by Gasteiger charge is -2.30. The molecule has 1 aliphatic carbocycles. The van der Waals surface area contributed by atoms with E-state index in [0.29, 0.717) is 12.0 Å². The average molecular weight is 575 g/mol. The van der Waals surface area contributed by atoms with Crippen LogP contribution in [0.1, 0.15) is 47.5 Å². The third-order valence-electron chi connectivity index (χ3n) is 7.03. The third kappa shape index (κ3) is 8.97. The van der Waals surface area contributed by atoms with Crippen LogP contribution in [0.4, 0.5) is 4.79 Å². The average Bonchev–Trinajstić information content (AvgIpc) is 2.92. The maximum Gasteiger partial charge on any atom is 0.405 e. The molecule has 0 unspecified atom stereocenters. The lowest BCUT2D eigenvalue weighted by Crippen LogP contribution is -2.37. The molecule has 11 heteroatoms. The minimum Gasteiger partial charge on any atom is -0.489 e. The molecule has 2 bridgehead atoms. The van der Waals surface area contributed by atoms with Crippen LogP contribution >= 0.6 is 0 Å². The fraction of sp³-hybridized carbons (Fsp3) is 0.533. The molecule has 0 saturated heterocycles.